The monoisotopic (exact) mass is 319 g/mol. The summed E-state index contributed by atoms with van der Waals surface area (Å²) in [6.45, 7) is 5.21. The van der Waals surface area contributed by atoms with E-state index < -0.39 is 24.8 Å². The Bertz CT molecular complexity index is 759. The van der Waals surface area contributed by atoms with E-state index in [0.29, 0.717) is 10.9 Å². The zero-order valence-electron chi connectivity index (χ0n) is 13.4. The predicted octanol–water partition coefficient (Wildman–Crippen LogP) is 0.891. The molecule has 1 aromatic heterocycles. The second-order valence-electron chi connectivity index (χ2n) is 6.03. The Balaban J connectivity index is 2.63. The number of carbonyl (C=O) groups excluding carboxylic acids is 2. The third-order valence-corrected chi connectivity index (χ3v) is 3.12. The maximum absolute atomic E-state index is 12.3. The summed E-state index contributed by atoms with van der Waals surface area (Å²) in [5.41, 5.74) is -0.158. The van der Waals surface area contributed by atoms with Crippen molar-refractivity contribution in [3.05, 3.63) is 30.0 Å². The van der Waals surface area contributed by atoms with Gasteiger partial charge in [0.15, 0.2) is 0 Å². The van der Waals surface area contributed by atoms with Gasteiger partial charge >= 0.3 is 19.2 Å². The van der Waals surface area contributed by atoms with E-state index in [1.165, 1.54) is 30.0 Å². The maximum atomic E-state index is 12.3. The van der Waals surface area contributed by atoms with E-state index in [9.17, 15) is 19.6 Å². The van der Waals surface area contributed by atoms with Crippen LogP contribution in [0, 0.1) is 0 Å². The Morgan fingerprint density at radius 2 is 1.87 bits per heavy atom. The highest BCUT2D eigenvalue weighted by Crippen LogP contribution is 2.22. The predicted molar refractivity (Wildman–Crippen MR) is 84.7 cm³/mol. The maximum Gasteiger partial charge on any atom is 0.488 e. The van der Waals surface area contributed by atoms with Crippen LogP contribution in [0.1, 0.15) is 31.1 Å². The van der Waals surface area contributed by atoms with Crippen molar-refractivity contribution < 1.29 is 29.1 Å². The minimum absolute atomic E-state index is 0.0707. The Morgan fingerprint density at radius 3 is 2.39 bits per heavy atom. The number of aromatic nitrogens is 1. The molecule has 0 aliphatic rings. The molecule has 7 nitrogen and oxygen atoms in total. The van der Waals surface area contributed by atoms with Crippen molar-refractivity contribution in [1.82, 2.24) is 4.57 Å². The summed E-state index contributed by atoms with van der Waals surface area (Å²) in [6, 6.07) is 4.30. The molecule has 2 aromatic rings. The van der Waals surface area contributed by atoms with Crippen LogP contribution in [0.3, 0.4) is 0 Å². The van der Waals surface area contributed by atoms with Gasteiger partial charge in [0, 0.05) is 11.6 Å². The normalized spacial score (nSPS) is 11.4. The first kappa shape index (κ1) is 17.0. The van der Waals surface area contributed by atoms with Crippen LogP contribution >= 0.6 is 0 Å². The third kappa shape index (κ3) is 3.54. The number of rotatable bonds is 2. The molecule has 1 aromatic carbocycles. The van der Waals surface area contributed by atoms with Crippen LogP contribution in [0.25, 0.3) is 10.9 Å². The number of benzene rings is 1. The molecule has 0 bridgehead atoms. The number of hydrogen-bond acceptors (Lipinski definition) is 6. The van der Waals surface area contributed by atoms with Crippen LogP contribution in [0.4, 0.5) is 4.79 Å². The van der Waals surface area contributed by atoms with Gasteiger partial charge in [-0.1, -0.05) is 0 Å². The average molecular weight is 319 g/mol. The van der Waals surface area contributed by atoms with Crippen molar-refractivity contribution in [1.29, 1.82) is 0 Å². The minimum Gasteiger partial charge on any atom is -0.465 e. The first-order valence-corrected chi connectivity index (χ1v) is 6.97. The van der Waals surface area contributed by atoms with E-state index in [1.54, 1.807) is 26.8 Å². The van der Waals surface area contributed by atoms with Crippen molar-refractivity contribution in [3.63, 3.8) is 0 Å². The average Bonchev–Trinajstić information content (AvgIpc) is 2.87. The molecule has 0 saturated heterocycles. The number of nitrogens with zero attached hydrogens (tertiary/aromatic N) is 1. The zero-order chi connectivity index (χ0) is 17.4. The van der Waals surface area contributed by atoms with Gasteiger partial charge in [-0.2, -0.15) is 0 Å². The van der Waals surface area contributed by atoms with Gasteiger partial charge in [-0.15, -0.1) is 0 Å². The summed E-state index contributed by atoms with van der Waals surface area (Å²) in [5, 5.41) is 19.2. The molecule has 0 atom stereocenters. The fourth-order valence-corrected chi connectivity index (χ4v) is 2.16. The summed E-state index contributed by atoms with van der Waals surface area (Å²) < 4.78 is 11.2. The first-order chi connectivity index (χ1) is 10.6. The highest BCUT2D eigenvalue weighted by Gasteiger charge is 2.23. The van der Waals surface area contributed by atoms with Gasteiger partial charge in [0.05, 0.1) is 18.2 Å². The lowest BCUT2D eigenvalue weighted by atomic mass is 9.79. The number of esters is 1. The highest BCUT2D eigenvalue weighted by atomic mass is 16.6. The standard InChI is InChI=1S/C15H18BNO6/c1-15(2,3)23-14(19)17-6-5-10-11(13(18)22-4)7-9(16(20)21)8-12(10)17/h5-8,20-21H,1-4H3. The lowest BCUT2D eigenvalue weighted by Gasteiger charge is -2.20. The molecule has 0 aliphatic heterocycles. The molecule has 0 radical (unpaired) electrons. The molecule has 2 N–H and O–H groups in total. The van der Waals surface area contributed by atoms with Crippen molar-refractivity contribution in [2.75, 3.05) is 7.11 Å². The van der Waals surface area contributed by atoms with Gasteiger partial charge in [0.25, 0.3) is 0 Å². The van der Waals surface area contributed by atoms with E-state index in [-0.39, 0.29) is 11.0 Å². The number of hydrogen-bond donors (Lipinski definition) is 2. The van der Waals surface area contributed by atoms with Gasteiger partial charge < -0.3 is 19.5 Å². The second kappa shape index (κ2) is 6.06. The van der Waals surface area contributed by atoms with Crippen molar-refractivity contribution in [3.8, 4) is 0 Å². The highest BCUT2D eigenvalue weighted by molar-refractivity contribution is 6.59. The molecule has 0 fully saturated rings. The summed E-state index contributed by atoms with van der Waals surface area (Å²) in [6.07, 6.45) is 0.825. The lowest BCUT2D eigenvalue weighted by Crippen LogP contribution is -2.31. The lowest BCUT2D eigenvalue weighted by molar-refractivity contribution is 0.0542. The Morgan fingerprint density at radius 1 is 1.22 bits per heavy atom. The van der Waals surface area contributed by atoms with Crippen LogP contribution < -0.4 is 5.46 Å². The van der Waals surface area contributed by atoms with Gasteiger partial charge in [0.1, 0.15) is 5.60 Å². The van der Waals surface area contributed by atoms with Crippen molar-refractivity contribution in [2.24, 2.45) is 0 Å². The SMILES string of the molecule is COC(=O)c1cc(B(O)O)cc2c1ccn2C(=O)OC(C)(C)C. The largest absolute Gasteiger partial charge is 0.488 e. The second-order valence-corrected chi connectivity index (χ2v) is 6.03. The van der Waals surface area contributed by atoms with Crippen molar-refractivity contribution >= 4 is 35.5 Å². The fraction of sp³-hybridized carbons (Fsp3) is 0.333. The molecular formula is C15H18BNO6. The molecule has 23 heavy (non-hydrogen) atoms. The summed E-state index contributed by atoms with van der Waals surface area (Å²) in [4.78, 5) is 24.2. The van der Waals surface area contributed by atoms with E-state index in [2.05, 4.69) is 0 Å². The third-order valence-electron chi connectivity index (χ3n) is 3.12. The Hall–Kier alpha value is -2.32. The Labute approximate surface area is 133 Å². The molecule has 2 rings (SSSR count). The molecule has 122 valence electrons. The first-order valence-electron chi connectivity index (χ1n) is 6.97. The number of ether oxygens (including phenoxy) is 2. The molecule has 0 saturated carbocycles. The number of methoxy groups -OCH3 is 1. The van der Waals surface area contributed by atoms with Gasteiger partial charge in [-0.3, -0.25) is 4.57 Å². The van der Waals surface area contributed by atoms with Gasteiger partial charge in [0.2, 0.25) is 0 Å². The van der Waals surface area contributed by atoms with Crippen LogP contribution in [0.15, 0.2) is 24.4 Å². The Kier molecular flexibility index (Phi) is 4.49. The molecule has 0 amide bonds. The molecular weight excluding hydrogens is 301 g/mol. The summed E-state index contributed by atoms with van der Waals surface area (Å²) in [5.74, 6) is -0.639. The van der Waals surface area contributed by atoms with E-state index in [0.717, 1.165) is 0 Å². The number of carbonyl (C=O) groups is 2. The van der Waals surface area contributed by atoms with Gasteiger partial charge in [-0.25, -0.2) is 9.59 Å². The number of fused-ring (bicyclic) bond motifs is 1. The molecule has 0 aliphatic carbocycles. The topological polar surface area (TPSA) is 98.0 Å². The summed E-state index contributed by atoms with van der Waals surface area (Å²) in [7, 11) is -0.564. The summed E-state index contributed by atoms with van der Waals surface area (Å²) >= 11 is 0. The molecule has 8 heteroatoms. The smallest absolute Gasteiger partial charge is 0.465 e. The van der Waals surface area contributed by atoms with Crippen LogP contribution in [0.5, 0.6) is 0 Å². The molecule has 0 spiro atoms. The molecule has 0 unspecified atom stereocenters. The quantitative estimate of drug-likeness (QED) is 0.630. The molecule has 1 heterocycles. The van der Waals surface area contributed by atoms with E-state index >= 15 is 0 Å². The zero-order valence-corrected chi connectivity index (χ0v) is 13.4. The van der Waals surface area contributed by atoms with E-state index in [1.807, 2.05) is 0 Å². The minimum atomic E-state index is -1.79. The van der Waals surface area contributed by atoms with Crippen LogP contribution in [-0.4, -0.2) is 46.5 Å². The van der Waals surface area contributed by atoms with Crippen LogP contribution in [-0.2, 0) is 9.47 Å². The fourth-order valence-electron chi connectivity index (χ4n) is 2.16. The van der Waals surface area contributed by atoms with Crippen LogP contribution in [0.2, 0.25) is 0 Å². The van der Waals surface area contributed by atoms with E-state index in [4.69, 9.17) is 9.47 Å². The van der Waals surface area contributed by atoms with Crippen molar-refractivity contribution in [2.45, 2.75) is 26.4 Å². The van der Waals surface area contributed by atoms with Gasteiger partial charge in [-0.05, 0) is 44.4 Å².